The van der Waals surface area contributed by atoms with Crippen LogP contribution >= 0.6 is 0 Å². The van der Waals surface area contributed by atoms with Crippen molar-refractivity contribution >= 4 is 34.0 Å². The maximum atomic E-state index is 13.7. The maximum Gasteiger partial charge on any atom is 0.277 e. The molecule has 9 heteroatoms. The van der Waals surface area contributed by atoms with Crippen molar-refractivity contribution in [2.45, 2.75) is 37.6 Å². The second-order valence-corrected chi connectivity index (χ2v) is 8.92. The highest BCUT2D eigenvalue weighted by atomic mass is 16.6. The summed E-state index contributed by atoms with van der Waals surface area (Å²) in [6.45, 7) is 3.12. The number of amides is 2. The molecule has 6 atom stereocenters. The topological polar surface area (TPSA) is 130 Å². The summed E-state index contributed by atoms with van der Waals surface area (Å²) in [5, 5.41) is 32.7. The molecule has 5 rings (SSSR count). The third-order valence-corrected chi connectivity index (χ3v) is 7.46. The van der Waals surface area contributed by atoms with Crippen molar-refractivity contribution in [1.29, 1.82) is 0 Å². The molecule has 2 N–H and O–H groups in total. The van der Waals surface area contributed by atoms with E-state index >= 15 is 0 Å². The van der Waals surface area contributed by atoms with Crippen LogP contribution in [-0.2, 0) is 14.3 Å². The number of nitrogens with zero attached hydrogens (tertiary/aromatic N) is 2. The van der Waals surface area contributed by atoms with E-state index in [1.165, 1.54) is 12.1 Å². The predicted molar refractivity (Wildman–Crippen MR) is 109 cm³/mol. The number of imide groups is 1. The Balaban J connectivity index is 1.68. The first-order valence-electron chi connectivity index (χ1n) is 10.2. The average Bonchev–Trinajstić information content (AvgIpc) is 3.29. The molecule has 2 aromatic carbocycles. The molecule has 162 valence electrons. The zero-order valence-electron chi connectivity index (χ0n) is 17.0. The van der Waals surface area contributed by atoms with Crippen molar-refractivity contribution in [2.24, 2.45) is 17.8 Å². The number of anilines is 1. The number of hydrogen-bond donors (Lipinski definition) is 2. The molecule has 9 nitrogen and oxygen atoms in total. The molecule has 0 spiro atoms. The van der Waals surface area contributed by atoms with Gasteiger partial charge in [-0.1, -0.05) is 25.1 Å². The Labute approximate surface area is 177 Å². The van der Waals surface area contributed by atoms with Gasteiger partial charge in [-0.2, -0.15) is 0 Å². The molecule has 0 saturated carbocycles. The number of non-ortho nitro benzene ring substituents is 1. The zero-order valence-corrected chi connectivity index (χ0v) is 17.0. The van der Waals surface area contributed by atoms with E-state index in [0.29, 0.717) is 10.8 Å². The summed E-state index contributed by atoms with van der Waals surface area (Å²) in [7, 11) is 0. The maximum absolute atomic E-state index is 13.7. The Morgan fingerprint density at radius 1 is 1.19 bits per heavy atom. The third-order valence-electron chi connectivity index (χ3n) is 7.46. The smallest absolute Gasteiger partial charge is 0.277 e. The molecule has 0 radical (unpaired) electrons. The van der Waals surface area contributed by atoms with Gasteiger partial charge in [0, 0.05) is 30.4 Å². The van der Waals surface area contributed by atoms with Gasteiger partial charge in [0.2, 0.25) is 11.8 Å². The van der Waals surface area contributed by atoms with Gasteiger partial charge in [0.25, 0.3) is 5.69 Å². The van der Waals surface area contributed by atoms with Crippen LogP contribution in [0.3, 0.4) is 0 Å². The van der Waals surface area contributed by atoms with E-state index in [4.69, 9.17) is 4.74 Å². The van der Waals surface area contributed by atoms with Gasteiger partial charge in [0.05, 0.1) is 39.5 Å². The predicted octanol–water partition coefficient (Wildman–Crippen LogP) is 1.77. The summed E-state index contributed by atoms with van der Waals surface area (Å²) in [5.74, 6) is -3.17. The lowest BCUT2D eigenvalue weighted by Crippen LogP contribution is -2.51. The fourth-order valence-electron chi connectivity index (χ4n) is 5.85. The monoisotopic (exact) mass is 426 g/mol. The lowest BCUT2D eigenvalue weighted by Gasteiger charge is -2.36. The summed E-state index contributed by atoms with van der Waals surface area (Å²) in [6.07, 6.45) is -0.798. The molecule has 2 amide bonds. The number of nitro benzene ring substituents is 1. The highest BCUT2D eigenvalue weighted by Gasteiger charge is 2.78. The van der Waals surface area contributed by atoms with E-state index in [1.807, 2.05) is 0 Å². The first-order chi connectivity index (χ1) is 14.7. The minimum atomic E-state index is -1.24. The average molecular weight is 426 g/mol. The Morgan fingerprint density at radius 3 is 2.48 bits per heavy atom. The van der Waals surface area contributed by atoms with E-state index < -0.39 is 51.8 Å². The Bertz CT molecular complexity index is 1150. The third kappa shape index (κ3) is 2.31. The fraction of sp³-hybridized carbons (Fsp3) is 0.455. The van der Waals surface area contributed by atoms with E-state index in [9.17, 15) is 29.9 Å². The van der Waals surface area contributed by atoms with Crippen LogP contribution in [0.4, 0.5) is 11.4 Å². The number of nitro groups is 1. The van der Waals surface area contributed by atoms with Crippen LogP contribution in [0.5, 0.6) is 0 Å². The molecular weight excluding hydrogens is 404 g/mol. The van der Waals surface area contributed by atoms with E-state index in [1.54, 1.807) is 38.1 Å². The van der Waals surface area contributed by atoms with Crippen molar-refractivity contribution in [1.82, 2.24) is 0 Å². The number of ether oxygens (including phenoxy) is 1. The molecule has 2 bridgehead atoms. The number of fused-ring (bicyclic) bond motifs is 6. The van der Waals surface area contributed by atoms with Crippen LogP contribution in [-0.4, -0.2) is 50.9 Å². The summed E-state index contributed by atoms with van der Waals surface area (Å²) in [4.78, 5) is 39.3. The van der Waals surface area contributed by atoms with Crippen molar-refractivity contribution in [3.05, 3.63) is 46.5 Å². The molecule has 0 aromatic heterocycles. The number of aliphatic hydroxyl groups is 2. The lowest BCUT2D eigenvalue weighted by molar-refractivity contribution is -0.383. The normalized spacial score (nSPS) is 35.1. The first-order valence-corrected chi connectivity index (χ1v) is 10.2. The van der Waals surface area contributed by atoms with Gasteiger partial charge < -0.3 is 14.9 Å². The second kappa shape index (κ2) is 6.32. The minimum Gasteiger partial charge on any atom is -0.396 e. The number of rotatable bonds is 4. The van der Waals surface area contributed by atoms with Gasteiger partial charge >= 0.3 is 0 Å². The van der Waals surface area contributed by atoms with Gasteiger partial charge in [-0.25, -0.2) is 4.90 Å². The first kappa shape index (κ1) is 20.0. The van der Waals surface area contributed by atoms with Crippen LogP contribution < -0.4 is 4.90 Å². The molecule has 3 aliphatic heterocycles. The van der Waals surface area contributed by atoms with Crippen molar-refractivity contribution in [2.75, 3.05) is 11.5 Å². The molecule has 0 aliphatic carbocycles. The second-order valence-electron chi connectivity index (χ2n) is 8.92. The van der Waals surface area contributed by atoms with Crippen molar-refractivity contribution in [3.63, 3.8) is 0 Å². The van der Waals surface area contributed by atoms with Gasteiger partial charge in [0.1, 0.15) is 5.60 Å². The quantitative estimate of drug-likeness (QED) is 0.433. The standard InChI is InChI=1S/C22H22N2O7/c1-11(10-25)22-9-16(26)21(2,31-22)17-18(22)20(28)23(19(17)27)14-7-8-15(24(29)30)13-6-4-3-5-12(13)14/h3-8,11,16-18,25-26H,9-10H2,1-2H3/t11?,16-,17-,18+,21?,22?/m1/s1. The zero-order chi connectivity index (χ0) is 22.3. The minimum absolute atomic E-state index is 0.116. The van der Waals surface area contributed by atoms with E-state index in [-0.39, 0.29) is 24.4 Å². The van der Waals surface area contributed by atoms with Gasteiger partial charge in [-0.3, -0.25) is 19.7 Å². The SMILES string of the molecule is CC(CO)C12C[C@@H](O)C(C)(O1)[C@H]1C(=O)N(c3ccc([N+](=O)[O-])c4ccccc34)C(=O)[C@H]12. The van der Waals surface area contributed by atoms with Crippen LogP contribution in [0.2, 0.25) is 0 Å². The van der Waals surface area contributed by atoms with Crippen molar-refractivity contribution < 1.29 is 29.5 Å². The van der Waals surface area contributed by atoms with E-state index in [0.717, 1.165) is 4.90 Å². The number of carbonyl (C=O) groups excluding carboxylic acids is 2. The van der Waals surface area contributed by atoms with Gasteiger partial charge in [-0.05, 0) is 19.1 Å². The van der Waals surface area contributed by atoms with Crippen LogP contribution in [0.25, 0.3) is 10.8 Å². The van der Waals surface area contributed by atoms with Crippen LogP contribution in [0.15, 0.2) is 36.4 Å². The summed E-state index contributed by atoms with van der Waals surface area (Å²) in [5.41, 5.74) is -2.23. The summed E-state index contributed by atoms with van der Waals surface area (Å²) >= 11 is 0. The molecule has 3 heterocycles. The number of hydrogen-bond acceptors (Lipinski definition) is 7. The Kier molecular flexibility index (Phi) is 4.09. The number of aliphatic hydroxyl groups excluding tert-OH is 2. The molecule has 3 saturated heterocycles. The van der Waals surface area contributed by atoms with Crippen LogP contribution in [0.1, 0.15) is 20.3 Å². The molecule has 3 fully saturated rings. The molecule has 3 unspecified atom stereocenters. The Morgan fingerprint density at radius 2 is 1.84 bits per heavy atom. The number of carbonyl (C=O) groups is 2. The fourth-order valence-corrected chi connectivity index (χ4v) is 5.85. The highest BCUT2D eigenvalue weighted by Crippen LogP contribution is 2.63. The van der Waals surface area contributed by atoms with E-state index in [2.05, 4.69) is 0 Å². The summed E-state index contributed by atoms with van der Waals surface area (Å²) in [6, 6.07) is 9.27. The number of benzene rings is 2. The highest BCUT2D eigenvalue weighted by molar-refractivity contribution is 6.26. The van der Waals surface area contributed by atoms with Gasteiger partial charge in [-0.15, -0.1) is 0 Å². The molecular formula is C22H22N2O7. The Hall–Kier alpha value is -2.88. The van der Waals surface area contributed by atoms with Gasteiger partial charge in [0.15, 0.2) is 0 Å². The lowest BCUT2D eigenvalue weighted by atomic mass is 9.63. The van der Waals surface area contributed by atoms with Crippen molar-refractivity contribution in [3.8, 4) is 0 Å². The molecule has 3 aliphatic rings. The summed E-state index contributed by atoms with van der Waals surface area (Å²) < 4.78 is 6.17. The largest absolute Gasteiger partial charge is 0.396 e. The molecule has 31 heavy (non-hydrogen) atoms. The van der Waals surface area contributed by atoms with Crippen LogP contribution in [0, 0.1) is 27.9 Å². The molecule has 2 aromatic rings.